The number of alkyl carbamates (subject to hydrolysis) is 1. The fourth-order valence-corrected chi connectivity index (χ4v) is 5.68. The van der Waals surface area contributed by atoms with E-state index in [9.17, 15) is 19.2 Å². The van der Waals surface area contributed by atoms with Crippen LogP contribution in [-0.2, 0) is 14.3 Å². The maximum Gasteiger partial charge on any atom is 0.407 e. The molecule has 0 radical (unpaired) electrons. The minimum Gasteiger partial charge on any atom is -0.449 e. The summed E-state index contributed by atoms with van der Waals surface area (Å²) in [5.74, 6) is -1.05. The van der Waals surface area contributed by atoms with Crippen molar-refractivity contribution in [2.45, 2.75) is 51.1 Å². The van der Waals surface area contributed by atoms with Gasteiger partial charge in [0.25, 0.3) is 0 Å². The van der Waals surface area contributed by atoms with Gasteiger partial charge in [-0.25, -0.2) is 4.79 Å². The zero-order valence-corrected chi connectivity index (χ0v) is 24.8. The second kappa shape index (κ2) is 13.6. The van der Waals surface area contributed by atoms with E-state index in [0.29, 0.717) is 37.0 Å². The highest BCUT2D eigenvalue weighted by Gasteiger charge is 2.30. The average Bonchev–Trinajstić information content (AvgIpc) is 3.32. The van der Waals surface area contributed by atoms with Gasteiger partial charge in [-0.15, -0.1) is 0 Å². The summed E-state index contributed by atoms with van der Waals surface area (Å²) in [5, 5.41) is 9.04. The van der Waals surface area contributed by atoms with E-state index < -0.39 is 30.0 Å². The largest absolute Gasteiger partial charge is 0.449 e. The van der Waals surface area contributed by atoms with Crippen molar-refractivity contribution in [3.05, 3.63) is 99.8 Å². The van der Waals surface area contributed by atoms with Crippen molar-refractivity contribution in [3.63, 3.8) is 0 Å². The molecule has 0 saturated heterocycles. The molecule has 44 heavy (non-hydrogen) atoms. The van der Waals surface area contributed by atoms with Gasteiger partial charge in [0.1, 0.15) is 18.7 Å². The van der Waals surface area contributed by atoms with Crippen LogP contribution in [0.25, 0.3) is 22.0 Å². The molecule has 5 rings (SSSR count). The number of rotatable bonds is 11. The number of anilines is 1. The third kappa shape index (κ3) is 6.81. The highest BCUT2D eigenvalue weighted by Crippen LogP contribution is 2.44. The number of H-pyrrole nitrogens is 1. The molecular formula is C34H37N5O5. The van der Waals surface area contributed by atoms with Crippen LogP contribution in [0.3, 0.4) is 0 Å². The fraction of sp³-hybridized carbons (Fsp3) is 0.294. The molecule has 10 heteroatoms. The number of hydrogen-bond acceptors (Lipinski definition) is 6. The minimum absolute atomic E-state index is 0.107. The maximum atomic E-state index is 13.3. The number of carbonyl (C=O) groups excluding carboxylic acids is 3. The third-order valence-electron chi connectivity index (χ3n) is 7.97. The topological polar surface area (TPSA) is 155 Å². The zero-order valence-electron chi connectivity index (χ0n) is 24.8. The lowest BCUT2D eigenvalue weighted by Gasteiger charge is -2.22. The number of aromatic nitrogens is 1. The summed E-state index contributed by atoms with van der Waals surface area (Å²) >= 11 is 0. The predicted octanol–water partition coefficient (Wildman–Crippen LogP) is 4.32. The van der Waals surface area contributed by atoms with Crippen LogP contribution >= 0.6 is 0 Å². The number of ether oxygens (including phenoxy) is 1. The van der Waals surface area contributed by atoms with Crippen molar-refractivity contribution < 1.29 is 19.1 Å². The molecule has 0 unspecified atom stereocenters. The number of pyridine rings is 1. The Hall–Kier alpha value is -4.96. The number of amides is 3. The number of carbonyl (C=O) groups is 3. The van der Waals surface area contributed by atoms with Crippen LogP contribution in [0.2, 0.25) is 0 Å². The first-order valence-electron chi connectivity index (χ1n) is 14.8. The van der Waals surface area contributed by atoms with Crippen molar-refractivity contribution >= 4 is 34.5 Å². The van der Waals surface area contributed by atoms with E-state index in [2.05, 4.69) is 33.1 Å². The van der Waals surface area contributed by atoms with Crippen LogP contribution in [0, 0.1) is 6.92 Å². The SMILES string of the molecule is Cc1cc(=O)[nH]c2cc(NC(=O)[C@H](CCCCN)NC(=O)[C@H](C)NC(=O)OCC3c4ccccc4-c4ccccc43)ccc12. The molecular weight excluding hydrogens is 558 g/mol. The van der Waals surface area contributed by atoms with Crippen LogP contribution in [-0.4, -0.2) is 48.1 Å². The number of nitrogens with two attached hydrogens (primary N) is 1. The van der Waals surface area contributed by atoms with Crippen LogP contribution in [0.1, 0.15) is 48.8 Å². The maximum absolute atomic E-state index is 13.3. The monoisotopic (exact) mass is 595 g/mol. The Labute approximate surface area is 255 Å². The summed E-state index contributed by atoms with van der Waals surface area (Å²) in [5.41, 5.74) is 11.7. The molecule has 0 aliphatic heterocycles. The smallest absolute Gasteiger partial charge is 0.407 e. The lowest BCUT2D eigenvalue weighted by Crippen LogP contribution is -2.51. The van der Waals surface area contributed by atoms with E-state index in [4.69, 9.17) is 10.5 Å². The van der Waals surface area contributed by atoms with Gasteiger partial charge in [-0.3, -0.25) is 14.4 Å². The molecule has 3 aromatic carbocycles. The van der Waals surface area contributed by atoms with E-state index in [0.717, 1.165) is 33.2 Å². The Morgan fingerprint density at radius 3 is 2.27 bits per heavy atom. The Bertz CT molecular complexity index is 1700. The third-order valence-corrected chi connectivity index (χ3v) is 7.97. The molecule has 0 bridgehead atoms. The van der Waals surface area contributed by atoms with Gasteiger partial charge in [-0.1, -0.05) is 54.6 Å². The Balaban J connectivity index is 1.19. The highest BCUT2D eigenvalue weighted by atomic mass is 16.5. The Morgan fingerprint density at radius 2 is 1.59 bits per heavy atom. The molecule has 1 aromatic heterocycles. The van der Waals surface area contributed by atoms with E-state index in [-0.39, 0.29) is 18.1 Å². The minimum atomic E-state index is -0.954. The van der Waals surface area contributed by atoms with Crippen molar-refractivity contribution in [1.29, 1.82) is 0 Å². The molecule has 3 amide bonds. The second-order valence-electron chi connectivity index (χ2n) is 11.1. The van der Waals surface area contributed by atoms with E-state index >= 15 is 0 Å². The molecule has 4 aromatic rings. The normalized spacial score (nSPS) is 13.4. The fourth-order valence-electron chi connectivity index (χ4n) is 5.68. The summed E-state index contributed by atoms with van der Waals surface area (Å²) in [6.07, 6.45) is 0.937. The summed E-state index contributed by atoms with van der Waals surface area (Å²) in [6.45, 7) is 3.96. The number of fused-ring (bicyclic) bond motifs is 4. The number of aromatic amines is 1. The van der Waals surface area contributed by atoms with Gasteiger partial charge in [0.2, 0.25) is 17.4 Å². The quantitative estimate of drug-likeness (QED) is 0.163. The highest BCUT2D eigenvalue weighted by molar-refractivity contribution is 5.99. The molecule has 10 nitrogen and oxygen atoms in total. The molecule has 0 fully saturated rings. The molecule has 228 valence electrons. The molecule has 0 saturated carbocycles. The molecule has 1 aliphatic rings. The van der Waals surface area contributed by atoms with E-state index in [1.54, 1.807) is 12.1 Å². The van der Waals surface area contributed by atoms with Gasteiger partial charge in [0.15, 0.2) is 0 Å². The van der Waals surface area contributed by atoms with Gasteiger partial charge < -0.3 is 31.4 Å². The van der Waals surface area contributed by atoms with Crippen molar-refractivity contribution in [3.8, 4) is 11.1 Å². The van der Waals surface area contributed by atoms with Gasteiger partial charge in [0.05, 0.1) is 5.52 Å². The van der Waals surface area contributed by atoms with Gasteiger partial charge >= 0.3 is 6.09 Å². The summed E-state index contributed by atoms with van der Waals surface area (Å²) in [6, 6.07) is 21.0. The van der Waals surface area contributed by atoms with Crippen LogP contribution < -0.4 is 27.2 Å². The standard InChI is InChI=1S/C34H37N5O5/c1-20-17-31(40)38-30-18-22(14-15-23(20)30)37-33(42)29(13-7-8-16-35)39-32(41)21(2)36-34(43)44-19-28-26-11-5-3-9-24(26)25-10-4-6-12-27(25)28/h3-6,9-12,14-15,17-18,21,28-29H,7-8,13,16,19,35H2,1-2H3,(H,36,43)(H,37,42)(H,38,40)(H,39,41)/t21-,29-/m0/s1. The molecule has 1 heterocycles. The first-order valence-corrected chi connectivity index (χ1v) is 14.8. The zero-order chi connectivity index (χ0) is 31.2. The van der Waals surface area contributed by atoms with Crippen LogP contribution in [0.4, 0.5) is 10.5 Å². The first kappa shape index (κ1) is 30.5. The van der Waals surface area contributed by atoms with E-state index in [1.165, 1.54) is 13.0 Å². The van der Waals surface area contributed by atoms with Crippen molar-refractivity contribution in [1.82, 2.24) is 15.6 Å². The number of nitrogens with one attached hydrogen (secondary N) is 4. The Morgan fingerprint density at radius 1 is 0.909 bits per heavy atom. The van der Waals surface area contributed by atoms with Gasteiger partial charge in [-0.05, 0) is 79.6 Å². The summed E-state index contributed by atoms with van der Waals surface area (Å²) < 4.78 is 5.57. The van der Waals surface area contributed by atoms with Gasteiger partial charge in [0, 0.05) is 23.1 Å². The molecule has 6 N–H and O–H groups in total. The molecule has 0 spiro atoms. The van der Waals surface area contributed by atoms with Crippen LogP contribution in [0.5, 0.6) is 0 Å². The van der Waals surface area contributed by atoms with Crippen molar-refractivity contribution in [2.24, 2.45) is 5.73 Å². The molecule has 1 aliphatic carbocycles. The van der Waals surface area contributed by atoms with E-state index in [1.807, 2.05) is 49.4 Å². The number of benzene rings is 3. The number of unbranched alkanes of at least 4 members (excludes halogenated alkanes) is 1. The van der Waals surface area contributed by atoms with Gasteiger partial charge in [-0.2, -0.15) is 0 Å². The summed E-state index contributed by atoms with van der Waals surface area (Å²) in [7, 11) is 0. The predicted molar refractivity (Wildman–Crippen MR) is 170 cm³/mol. The lowest BCUT2D eigenvalue weighted by atomic mass is 9.98. The average molecular weight is 596 g/mol. The summed E-state index contributed by atoms with van der Waals surface area (Å²) in [4.78, 5) is 53.8. The van der Waals surface area contributed by atoms with Crippen LogP contribution in [0.15, 0.2) is 77.6 Å². The first-order chi connectivity index (χ1) is 21.2. The number of aryl methyl sites for hydroxylation is 1. The Kier molecular flexibility index (Phi) is 9.40. The number of hydrogen-bond donors (Lipinski definition) is 5. The lowest BCUT2D eigenvalue weighted by molar-refractivity contribution is -0.127. The second-order valence-corrected chi connectivity index (χ2v) is 11.1. The van der Waals surface area contributed by atoms with Crippen molar-refractivity contribution in [2.75, 3.05) is 18.5 Å². The molecule has 2 atom stereocenters.